The maximum absolute atomic E-state index is 11.6. The molecule has 0 aliphatic heterocycles. The van der Waals surface area contributed by atoms with Gasteiger partial charge in [0.1, 0.15) is 0 Å². The van der Waals surface area contributed by atoms with Crippen molar-refractivity contribution in [2.75, 3.05) is 26.1 Å². The fraction of sp³-hybridized carbons (Fsp3) is 0.600. The van der Waals surface area contributed by atoms with Crippen LogP contribution in [0.15, 0.2) is 18.3 Å². The first-order chi connectivity index (χ1) is 10.2. The van der Waals surface area contributed by atoms with Gasteiger partial charge >= 0.3 is 6.03 Å². The fourth-order valence-corrected chi connectivity index (χ4v) is 2.38. The molecule has 1 aromatic heterocycles. The zero-order chi connectivity index (χ0) is 15.1. The summed E-state index contributed by atoms with van der Waals surface area (Å²) in [6.45, 7) is 0.727. The van der Waals surface area contributed by atoms with E-state index in [0.717, 1.165) is 11.7 Å². The molecule has 116 valence electrons. The average molecular weight is 293 g/mol. The van der Waals surface area contributed by atoms with Crippen LogP contribution in [-0.2, 0) is 4.84 Å². The van der Waals surface area contributed by atoms with Crippen LogP contribution in [0.2, 0.25) is 0 Å². The number of ether oxygens (including phenoxy) is 1. The Hall–Kier alpha value is -1.82. The second-order valence-electron chi connectivity index (χ2n) is 5.31. The largest absolute Gasteiger partial charge is 0.477 e. The number of hydrogen-bond acceptors (Lipinski definition) is 4. The lowest BCUT2D eigenvalue weighted by Gasteiger charge is -2.21. The molecule has 0 radical (unpaired) electrons. The van der Waals surface area contributed by atoms with E-state index in [4.69, 9.17) is 9.57 Å². The second kappa shape index (κ2) is 7.83. The maximum atomic E-state index is 11.6. The summed E-state index contributed by atoms with van der Waals surface area (Å²) in [6, 6.07) is 3.19. The molecule has 21 heavy (non-hydrogen) atoms. The van der Waals surface area contributed by atoms with Crippen molar-refractivity contribution in [2.24, 2.45) is 5.92 Å². The van der Waals surface area contributed by atoms with Gasteiger partial charge in [-0.3, -0.25) is 4.84 Å². The molecule has 1 fully saturated rings. The number of urea groups is 1. The lowest BCUT2D eigenvalue weighted by molar-refractivity contribution is -0.0598. The van der Waals surface area contributed by atoms with Gasteiger partial charge in [0.05, 0.1) is 25.6 Å². The third-order valence-electron chi connectivity index (χ3n) is 3.74. The van der Waals surface area contributed by atoms with Gasteiger partial charge in [-0.25, -0.2) is 14.8 Å². The van der Waals surface area contributed by atoms with Crippen LogP contribution in [0.1, 0.15) is 32.1 Å². The van der Waals surface area contributed by atoms with Gasteiger partial charge in [-0.2, -0.15) is 0 Å². The molecule has 0 spiro atoms. The number of hydroxylamine groups is 2. The summed E-state index contributed by atoms with van der Waals surface area (Å²) in [5.74, 6) is 1.24. The van der Waals surface area contributed by atoms with Gasteiger partial charge in [0, 0.05) is 13.1 Å². The van der Waals surface area contributed by atoms with E-state index in [1.807, 2.05) is 0 Å². The summed E-state index contributed by atoms with van der Waals surface area (Å²) in [6.07, 6.45) is 8.03. The Bertz CT molecular complexity index is 444. The summed E-state index contributed by atoms with van der Waals surface area (Å²) >= 11 is 0. The van der Waals surface area contributed by atoms with E-state index in [2.05, 4.69) is 10.3 Å². The van der Waals surface area contributed by atoms with E-state index in [1.54, 1.807) is 18.3 Å². The number of hydrogen-bond donors (Lipinski definition) is 1. The second-order valence-corrected chi connectivity index (χ2v) is 5.31. The number of carbonyl (C=O) groups excluding carboxylic acids is 1. The Morgan fingerprint density at radius 3 is 2.76 bits per heavy atom. The number of aromatic nitrogens is 1. The normalized spacial score (nSPS) is 15.5. The molecule has 0 saturated heterocycles. The van der Waals surface area contributed by atoms with Crippen molar-refractivity contribution >= 4 is 11.7 Å². The van der Waals surface area contributed by atoms with Crippen LogP contribution in [0.25, 0.3) is 0 Å². The van der Waals surface area contributed by atoms with Crippen molar-refractivity contribution in [1.82, 2.24) is 10.0 Å². The zero-order valence-corrected chi connectivity index (χ0v) is 12.7. The molecule has 1 N–H and O–H groups in total. The minimum Gasteiger partial charge on any atom is -0.477 e. The third-order valence-corrected chi connectivity index (χ3v) is 3.74. The quantitative estimate of drug-likeness (QED) is 0.847. The Labute approximate surface area is 125 Å². The van der Waals surface area contributed by atoms with Crippen molar-refractivity contribution < 1.29 is 14.4 Å². The topological polar surface area (TPSA) is 63.7 Å². The minimum absolute atomic E-state index is 0.352. The number of amides is 2. The highest BCUT2D eigenvalue weighted by atomic mass is 16.7. The highest BCUT2D eigenvalue weighted by Gasteiger charge is 2.14. The van der Waals surface area contributed by atoms with Gasteiger partial charge in [0.25, 0.3) is 0 Å². The number of pyridine rings is 1. The molecule has 1 saturated carbocycles. The summed E-state index contributed by atoms with van der Waals surface area (Å²) < 4.78 is 5.72. The molecule has 0 bridgehead atoms. The number of rotatable bonds is 5. The molecule has 2 amide bonds. The zero-order valence-electron chi connectivity index (χ0n) is 12.7. The number of nitrogens with zero attached hydrogens (tertiary/aromatic N) is 2. The summed E-state index contributed by atoms with van der Waals surface area (Å²) in [4.78, 5) is 20.6. The molecule has 1 aliphatic carbocycles. The molecule has 1 aliphatic rings. The van der Waals surface area contributed by atoms with Gasteiger partial charge in [0.2, 0.25) is 5.88 Å². The summed E-state index contributed by atoms with van der Waals surface area (Å²) in [5, 5.41) is 3.77. The lowest BCUT2D eigenvalue weighted by Crippen LogP contribution is -2.30. The lowest BCUT2D eigenvalue weighted by atomic mass is 9.90. The van der Waals surface area contributed by atoms with Gasteiger partial charge in [0.15, 0.2) is 0 Å². The average Bonchev–Trinajstić information content (AvgIpc) is 2.54. The highest BCUT2D eigenvalue weighted by molar-refractivity contribution is 5.88. The van der Waals surface area contributed by atoms with Crippen LogP contribution >= 0.6 is 0 Å². The van der Waals surface area contributed by atoms with E-state index in [1.165, 1.54) is 46.3 Å². The maximum Gasteiger partial charge on any atom is 0.345 e. The van der Waals surface area contributed by atoms with Crippen LogP contribution in [0.4, 0.5) is 10.5 Å². The smallest absolute Gasteiger partial charge is 0.345 e. The Morgan fingerprint density at radius 1 is 1.38 bits per heavy atom. The van der Waals surface area contributed by atoms with Crippen LogP contribution in [0, 0.1) is 5.92 Å². The predicted molar refractivity (Wildman–Crippen MR) is 80.1 cm³/mol. The van der Waals surface area contributed by atoms with Crippen molar-refractivity contribution in [2.45, 2.75) is 32.1 Å². The van der Waals surface area contributed by atoms with Crippen LogP contribution in [0.5, 0.6) is 5.88 Å². The Balaban J connectivity index is 1.79. The first kappa shape index (κ1) is 15.6. The van der Waals surface area contributed by atoms with Crippen molar-refractivity contribution in [3.05, 3.63) is 18.3 Å². The number of carbonyl (C=O) groups is 1. The van der Waals surface area contributed by atoms with Crippen LogP contribution in [-0.4, -0.2) is 36.8 Å². The molecule has 0 unspecified atom stereocenters. The monoisotopic (exact) mass is 293 g/mol. The first-order valence-corrected chi connectivity index (χ1v) is 7.36. The highest BCUT2D eigenvalue weighted by Crippen LogP contribution is 2.24. The van der Waals surface area contributed by atoms with Crippen molar-refractivity contribution in [1.29, 1.82) is 0 Å². The van der Waals surface area contributed by atoms with E-state index >= 15 is 0 Å². The fourth-order valence-electron chi connectivity index (χ4n) is 2.38. The van der Waals surface area contributed by atoms with Gasteiger partial charge in [-0.05, 0) is 24.8 Å². The molecular formula is C15H23N3O3. The SMILES string of the molecule is CON(C)C(=O)Nc1ccc(OCC2CCCCC2)nc1. The molecule has 2 rings (SSSR count). The number of nitrogens with one attached hydrogen (secondary N) is 1. The molecule has 0 atom stereocenters. The van der Waals surface area contributed by atoms with Crippen LogP contribution < -0.4 is 10.1 Å². The van der Waals surface area contributed by atoms with Gasteiger partial charge in [-0.15, -0.1) is 0 Å². The molecule has 6 heteroatoms. The summed E-state index contributed by atoms with van der Waals surface area (Å²) in [7, 11) is 2.96. The van der Waals surface area contributed by atoms with E-state index in [-0.39, 0.29) is 6.03 Å². The molecule has 1 aromatic rings. The Morgan fingerprint density at radius 2 is 2.14 bits per heavy atom. The minimum atomic E-state index is -0.352. The molecule has 1 heterocycles. The van der Waals surface area contributed by atoms with Crippen molar-refractivity contribution in [3.8, 4) is 5.88 Å². The van der Waals surface area contributed by atoms with E-state index in [0.29, 0.717) is 17.5 Å². The Kier molecular flexibility index (Phi) is 5.80. The first-order valence-electron chi connectivity index (χ1n) is 7.36. The van der Waals surface area contributed by atoms with Crippen molar-refractivity contribution in [3.63, 3.8) is 0 Å². The molecular weight excluding hydrogens is 270 g/mol. The number of anilines is 1. The van der Waals surface area contributed by atoms with Gasteiger partial charge in [-0.1, -0.05) is 19.3 Å². The third kappa shape index (κ3) is 4.90. The van der Waals surface area contributed by atoms with Gasteiger partial charge < -0.3 is 10.1 Å². The van der Waals surface area contributed by atoms with E-state index in [9.17, 15) is 4.79 Å². The van der Waals surface area contributed by atoms with E-state index < -0.39 is 0 Å². The predicted octanol–water partition coefficient (Wildman–Crippen LogP) is 3.07. The molecule has 0 aromatic carbocycles. The summed E-state index contributed by atoms with van der Waals surface area (Å²) in [5.41, 5.74) is 0.605. The standard InChI is InChI=1S/C15H23N3O3/c1-18(20-2)15(19)17-13-8-9-14(16-10-13)21-11-12-6-4-3-5-7-12/h8-10,12H,3-7,11H2,1-2H3,(H,17,19). The molecule has 6 nitrogen and oxygen atoms in total. The van der Waals surface area contributed by atoms with Crippen LogP contribution in [0.3, 0.4) is 0 Å².